The molecule has 2 rings (SSSR count). The first-order valence-electron chi connectivity index (χ1n) is 5.49. The molecule has 0 saturated carbocycles. The third-order valence-corrected chi connectivity index (χ3v) is 3.91. The molecule has 1 fully saturated rings. The SMILES string of the molecule is Nc1ccsc1C(=O)N1CCCCC1CO. The van der Waals surface area contributed by atoms with Gasteiger partial charge < -0.3 is 15.7 Å². The Morgan fingerprint density at radius 3 is 3.06 bits per heavy atom. The molecule has 5 heteroatoms. The lowest BCUT2D eigenvalue weighted by Crippen LogP contribution is -2.45. The minimum atomic E-state index is -0.0391. The molecule has 88 valence electrons. The van der Waals surface area contributed by atoms with Gasteiger partial charge in [0.25, 0.3) is 5.91 Å². The Morgan fingerprint density at radius 1 is 1.62 bits per heavy atom. The molecule has 1 unspecified atom stereocenters. The summed E-state index contributed by atoms with van der Waals surface area (Å²) in [6.45, 7) is 0.762. The van der Waals surface area contributed by atoms with Crippen molar-refractivity contribution in [3.8, 4) is 0 Å². The van der Waals surface area contributed by atoms with Gasteiger partial charge in [0.05, 0.1) is 18.3 Å². The van der Waals surface area contributed by atoms with Gasteiger partial charge >= 0.3 is 0 Å². The van der Waals surface area contributed by atoms with Crippen LogP contribution in [0.5, 0.6) is 0 Å². The predicted octanol–water partition coefficient (Wildman–Crippen LogP) is 1.32. The summed E-state index contributed by atoms with van der Waals surface area (Å²) in [6.07, 6.45) is 2.97. The maximum absolute atomic E-state index is 12.2. The van der Waals surface area contributed by atoms with Gasteiger partial charge in [0.15, 0.2) is 0 Å². The molecule has 1 amide bonds. The fourth-order valence-electron chi connectivity index (χ4n) is 2.08. The Bertz CT molecular complexity index is 378. The van der Waals surface area contributed by atoms with E-state index in [1.807, 2.05) is 5.38 Å². The van der Waals surface area contributed by atoms with Crippen LogP contribution in [-0.2, 0) is 0 Å². The second-order valence-corrected chi connectivity index (χ2v) is 4.95. The summed E-state index contributed by atoms with van der Waals surface area (Å²) in [7, 11) is 0. The van der Waals surface area contributed by atoms with Crippen LogP contribution in [0.15, 0.2) is 11.4 Å². The van der Waals surface area contributed by atoms with E-state index in [1.165, 1.54) is 11.3 Å². The number of piperidine rings is 1. The summed E-state index contributed by atoms with van der Waals surface area (Å²) in [5.41, 5.74) is 6.27. The molecule has 1 atom stereocenters. The lowest BCUT2D eigenvalue weighted by molar-refractivity contribution is 0.0508. The van der Waals surface area contributed by atoms with E-state index in [-0.39, 0.29) is 18.6 Å². The third kappa shape index (κ3) is 2.05. The van der Waals surface area contributed by atoms with E-state index < -0.39 is 0 Å². The number of aliphatic hydroxyl groups is 1. The van der Waals surface area contributed by atoms with Gasteiger partial charge in [-0.25, -0.2) is 0 Å². The first-order valence-corrected chi connectivity index (χ1v) is 6.37. The Hall–Kier alpha value is -1.07. The molecule has 0 spiro atoms. The molecule has 0 aromatic carbocycles. The summed E-state index contributed by atoms with van der Waals surface area (Å²) in [5.74, 6) is -0.0359. The van der Waals surface area contributed by atoms with Crippen LogP contribution in [0, 0.1) is 0 Å². The van der Waals surface area contributed by atoms with Gasteiger partial charge in [-0.15, -0.1) is 11.3 Å². The van der Waals surface area contributed by atoms with Crippen LogP contribution >= 0.6 is 11.3 Å². The quantitative estimate of drug-likeness (QED) is 0.819. The number of nitrogens with zero attached hydrogens (tertiary/aromatic N) is 1. The number of amides is 1. The van der Waals surface area contributed by atoms with Crippen molar-refractivity contribution >= 4 is 22.9 Å². The summed E-state index contributed by atoms with van der Waals surface area (Å²) in [5, 5.41) is 11.1. The van der Waals surface area contributed by atoms with Crippen LogP contribution in [0.3, 0.4) is 0 Å². The number of hydrogen-bond acceptors (Lipinski definition) is 4. The predicted molar refractivity (Wildman–Crippen MR) is 64.5 cm³/mol. The van der Waals surface area contributed by atoms with Gasteiger partial charge in [-0.3, -0.25) is 4.79 Å². The van der Waals surface area contributed by atoms with E-state index in [2.05, 4.69) is 0 Å². The maximum atomic E-state index is 12.2. The van der Waals surface area contributed by atoms with Crippen LogP contribution in [0.1, 0.15) is 28.9 Å². The molecule has 3 N–H and O–H groups in total. The number of likely N-dealkylation sites (tertiary alicyclic amines) is 1. The van der Waals surface area contributed by atoms with E-state index >= 15 is 0 Å². The van der Waals surface area contributed by atoms with Crippen LogP contribution < -0.4 is 5.73 Å². The highest BCUT2D eigenvalue weighted by molar-refractivity contribution is 7.12. The average Bonchev–Trinajstić information content (AvgIpc) is 2.74. The molecule has 0 bridgehead atoms. The van der Waals surface area contributed by atoms with Crippen molar-refractivity contribution in [3.05, 3.63) is 16.3 Å². The van der Waals surface area contributed by atoms with E-state index in [0.29, 0.717) is 10.6 Å². The zero-order valence-corrected chi connectivity index (χ0v) is 9.87. The summed E-state index contributed by atoms with van der Waals surface area (Å²) in [4.78, 5) is 14.5. The standard InChI is InChI=1S/C11H16N2O2S/c12-9-4-6-16-10(9)11(15)13-5-2-1-3-8(13)7-14/h4,6,8,14H,1-3,5,7,12H2. The molecule has 16 heavy (non-hydrogen) atoms. The topological polar surface area (TPSA) is 66.6 Å². The van der Waals surface area contributed by atoms with Crippen molar-refractivity contribution in [2.24, 2.45) is 0 Å². The van der Waals surface area contributed by atoms with Crippen LogP contribution in [0.4, 0.5) is 5.69 Å². The Morgan fingerprint density at radius 2 is 2.44 bits per heavy atom. The number of hydrogen-bond donors (Lipinski definition) is 2. The fourth-order valence-corrected chi connectivity index (χ4v) is 2.85. The van der Waals surface area contributed by atoms with Gasteiger partial charge in [0.1, 0.15) is 4.88 Å². The highest BCUT2D eigenvalue weighted by Gasteiger charge is 2.28. The normalized spacial score (nSPS) is 21.1. The monoisotopic (exact) mass is 240 g/mol. The van der Waals surface area contributed by atoms with Crippen molar-refractivity contribution in [3.63, 3.8) is 0 Å². The largest absolute Gasteiger partial charge is 0.397 e. The Labute approximate surface area is 98.7 Å². The summed E-state index contributed by atoms with van der Waals surface area (Å²) < 4.78 is 0. The molecular weight excluding hydrogens is 224 g/mol. The number of carbonyl (C=O) groups excluding carboxylic acids is 1. The fraction of sp³-hybridized carbons (Fsp3) is 0.545. The third-order valence-electron chi connectivity index (χ3n) is 2.99. The van der Waals surface area contributed by atoms with Gasteiger partial charge in [0, 0.05) is 6.54 Å². The number of carbonyl (C=O) groups is 1. The van der Waals surface area contributed by atoms with Gasteiger partial charge in [-0.1, -0.05) is 0 Å². The molecular formula is C11H16N2O2S. The average molecular weight is 240 g/mol. The van der Waals surface area contributed by atoms with E-state index in [1.54, 1.807) is 11.0 Å². The van der Waals surface area contributed by atoms with Gasteiger partial charge in [0.2, 0.25) is 0 Å². The zero-order chi connectivity index (χ0) is 11.5. The van der Waals surface area contributed by atoms with Crippen LogP contribution in [-0.4, -0.2) is 35.1 Å². The maximum Gasteiger partial charge on any atom is 0.266 e. The number of anilines is 1. The second-order valence-electron chi connectivity index (χ2n) is 4.04. The molecule has 2 heterocycles. The number of nitrogens with two attached hydrogens (primary N) is 1. The minimum absolute atomic E-state index is 0.0359. The first-order chi connectivity index (χ1) is 7.74. The molecule has 4 nitrogen and oxygen atoms in total. The number of rotatable bonds is 2. The summed E-state index contributed by atoms with van der Waals surface area (Å²) in [6, 6.07) is 1.71. The van der Waals surface area contributed by atoms with Crippen molar-refractivity contribution < 1.29 is 9.90 Å². The smallest absolute Gasteiger partial charge is 0.266 e. The Balaban J connectivity index is 2.17. The summed E-state index contributed by atoms with van der Waals surface area (Å²) >= 11 is 1.37. The Kier molecular flexibility index (Phi) is 3.46. The lowest BCUT2D eigenvalue weighted by Gasteiger charge is -2.34. The van der Waals surface area contributed by atoms with E-state index in [0.717, 1.165) is 25.8 Å². The van der Waals surface area contributed by atoms with Crippen LogP contribution in [0.2, 0.25) is 0 Å². The highest BCUT2D eigenvalue weighted by atomic mass is 32.1. The van der Waals surface area contributed by atoms with E-state index in [9.17, 15) is 9.90 Å². The van der Waals surface area contributed by atoms with Crippen molar-refractivity contribution in [1.29, 1.82) is 0 Å². The molecule has 1 saturated heterocycles. The van der Waals surface area contributed by atoms with Gasteiger partial charge in [-0.2, -0.15) is 0 Å². The molecule has 1 aliphatic heterocycles. The number of nitrogen functional groups attached to an aromatic ring is 1. The van der Waals surface area contributed by atoms with Crippen LogP contribution in [0.25, 0.3) is 0 Å². The van der Waals surface area contributed by atoms with Crippen molar-refractivity contribution in [2.45, 2.75) is 25.3 Å². The van der Waals surface area contributed by atoms with Gasteiger partial charge in [-0.05, 0) is 30.7 Å². The first kappa shape index (κ1) is 11.4. The number of thiophene rings is 1. The molecule has 1 aromatic rings. The second kappa shape index (κ2) is 4.84. The molecule has 0 radical (unpaired) electrons. The van der Waals surface area contributed by atoms with Crippen molar-refractivity contribution in [1.82, 2.24) is 4.90 Å². The number of aliphatic hydroxyl groups excluding tert-OH is 1. The zero-order valence-electron chi connectivity index (χ0n) is 9.06. The molecule has 1 aromatic heterocycles. The lowest BCUT2D eigenvalue weighted by atomic mass is 10.0. The minimum Gasteiger partial charge on any atom is -0.397 e. The van der Waals surface area contributed by atoms with E-state index in [4.69, 9.17) is 5.73 Å². The molecule has 0 aliphatic carbocycles. The molecule has 1 aliphatic rings. The van der Waals surface area contributed by atoms with Crippen molar-refractivity contribution in [2.75, 3.05) is 18.9 Å². The highest BCUT2D eigenvalue weighted by Crippen LogP contribution is 2.25.